The molecule has 2 aliphatic rings. The van der Waals surface area contributed by atoms with Crippen molar-refractivity contribution in [1.29, 1.82) is 0 Å². The maximum absolute atomic E-state index is 2.65. The van der Waals surface area contributed by atoms with Crippen LogP contribution in [0.4, 0.5) is 0 Å². The summed E-state index contributed by atoms with van der Waals surface area (Å²) in [6, 6.07) is 0.734. The highest BCUT2D eigenvalue weighted by atomic mass is 15.2. The Morgan fingerprint density at radius 3 is 2.12 bits per heavy atom. The van der Waals surface area contributed by atoms with Crippen LogP contribution in [0.15, 0.2) is 11.6 Å². The monoisotopic (exact) mass is 235 g/mol. The zero-order chi connectivity index (χ0) is 12.5. The smallest absolute Gasteiger partial charge is 0.00385 e. The second-order valence-corrected chi connectivity index (χ2v) is 6.77. The van der Waals surface area contributed by atoms with Gasteiger partial charge >= 0.3 is 0 Å². The summed E-state index contributed by atoms with van der Waals surface area (Å²) < 4.78 is 0. The number of piperidine rings is 1. The normalized spacial score (nSPS) is 25.6. The van der Waals surface area contributed by atoms with Gasteiger partial charge in [0.05, 0.1) is 0 Å². The van der Waals surface area contributed by atoms with E-state index in [9.17, 15) is 0 Å². The van der Waals surface area contributed by atoms with Gasteiger partial charge in [-0.1, -0.05) is 25.5 Å². The number of likely N-dealkylation sites (tertiary alicyclic amines) is 1. The van der Waals surface area contributed by atoms with Gasteiger partial charge in [0.25, 0.3) is 0 Å². The number of allylic oxidation sites excluding steroid dienone is 2. The lowest BCUT2D eigenvalue weighted by molar-refractivity contribution is 0.0734. The summed E-state index contributed by atoms with van der Waals surface area (Å²) in [5.74, 6) is 0.767. The second-order valence-electron chi connectivity index (χ2n) is 6.77. The minimum atomic E-state index is 0.670. The third kappa shape index (κ3) is 2.93. The maximum atomic E-state index is 2.65. The Bertz CT molecular complexity index is 280. The average molecular weight is 235 g/mol. The van der Waals surface area contributed by atoms with E-state index in [-0.39, 0.29) is 0 Å². The van der Waals surface area contributed by atoms with E-state index in [1.807, 2.05) is 0 Å². The standard InChI is InChI=1S/C16H29N/c1-13(2)15-5-7-16(8-6-15)9-11-17(12-10-16)14(3)4/h5,13-14H,6-12H2,1-4H3. The van der Waals surface area contributed by atoms with Crippen molar-refractivity contribution in [3.63, 3.8) is 0 Å². The molecule has 0 aromatic rings. The molecular formula is C16H29N. The molecule has 1 saturated heterocycles. The van der Waals surface area contributed by atoms with E-state index in [2.05, 4.69) is 38.7 Å². The number of hydrogen-bond donors (Lipinski definition) is 0. The molecule has 0 bridgehead atoms. The quantitative estimate of drug-likeness (QED) is 0.647. The Labute approximate surface area is 107 Å². The van der Waals surface area contributed by atoms with Gasteiger partial charge in [0.15, 0.2) is 0 Å². The first kappa shape index (κ1) is 13.1. The van der Waals surface area contributed by atoms with Crippen LogP contribution in [0.2, 0.25) is 0 Å². The van der Waals surface area contributed by atoms with Crippen molar-refractivity contribution in [2.75, 3.05) is 13.1 Å². The molecule has 0 aromatic heterocycles. The third-order valence-electron chi connectivity index (χ3n) is 5.07. The van der Waals surface area contributed by atoms with Gasteiger partial charge < -0.3 is 4.90 Å². The lowest BCUT2D eigenvalue weighted by Gasteiger charge is -2.45. The lowest BCUT2D eigenvalue weighted by Crippen LogP contribution is -2.43. The Kier molecular flexibility index (Phi) is 3.97. The summed E-state index contributed by atoms with van der Waals surface area (Å²) in [4.78, 5) is 2.65. The molecule has 1 aliphatic heterocycles. The molecule has 1 aliphatic carbocycles. The lowest BCUT2D eigenvalue weighted by atomic mass is 9.67. The van der Waals surface area contributed by atoms with Gasteiger partial charge in [0, 0.05) is 6.04 Å². The maximum Gasteiger partial charge on any atom is 0.00385 e. The molecule has 1 heteroatoms. The first-order valence-electron chi connectivity index (χ1n) is 7.45. The minimum absolute atomic E-state index is 0.670. The predicted molar refractivity (Wildman–Crippen MR) is 75.1 cm³/mol. The molecule has 2 rings (SSSR count). The molecule has 17 heavy (non-hydrogen) atoms. The van der Waals surface area contributed by atoms with Gasteiger partial charge in [0.1, 0.15) is 0 Å². The van der Waals surface area contributed by atoms with Crippen LogP contribution in [-0.2, 0) is 0 Å². The van der Waals surface area contributed by atoms with Crippen LogP contribution in [-0.4, -0.2) is 24.0 Å². The van der Waals surface area contributed by atoms with Crippen LogP contribution in [0, 0.1) is 11.3 Å². The Hall–Kier alpha value is -0.300. The van der Waals surface area contributed by atoms with E-state index in [0.29, 0.717) is 5.41 Å². The molecule has 1 nitrogen and oxygen atoms in total. The molecule has 0 atom stereocenters. The van der Waals surface area contributed by atoms with E-state index in [4.69, 9.17) is 0 Å². The van der Waals surface area contributed by atoms with Crippen LogP contribution < -0.4 is 0 Å². The molecule has 0 aromatic carbocycles. The summed E-state index contributed by atoms with van der Waals surface area (Å²) in [5.41, 5.74) is 2.38. The predicted octanol–water partition coefficient (Wildman–Crippen LogP) is 4.24. The van der Waals surface area contributed by atoms with Gasteiger partial charge in [-0.15, -0.1) is 0 Å². The van der Waals surface area contributed by atoms with Crippen LogP contribution in [0.3, 0.4) is 0 Å². The number of nitrogens with zero attached hydrogens (tertiary/aromatic N) is 1. The molecule has 0 amide bonds. The van der Waals surface area contributed by atoms with Crippen molar-refractivity contribution in [3.8, 4) is 0 Å². The van der Waals surface area contributed by atoms with Gasteiger partial charge in [-0.25, -0.2) is 0 Å². The Morgan fingerprint density at radius 1 is 1.06 bits per heavy atom. The fourth-order valence-corrected chi connectivity index (χ4v) is 3.45. The van der Waals surface area contributed by atoms with Crippen LogP contribution in [0.1, 0.15) is 59.8 Å². The molecule has 1 spiro atoms. The van der Waals surface area contributed by atoms with Gasteiger partial charge in [-0.05, 0) is 70.4 Å². The molecule has 0 radical (unpaired) electrons. The molecule has 98 valence electrons. The van der Waals surface area contributed by atoms with Gasteiger partial charge in [-0.3, -0.25) is 0 Å². The van der Waals surface area contributed by atoms with Crippen molar-refractivity contribution >= 4 is 0 Å². The Morgan fingerprint density at radius 2 is 1.71 bits per heavy atom. The molecule has 0 N–H and O–H groups in total. The zero-order valence-electron chi connectivity index (χ0n) is 12.1. The average Bonchev–Trinajstić information content (AvgIpc) is 2.30. The van der Waals surface area contributed by atoms with E-state index < -0.39 is 0 Å². The summed E-state index contributed by atoms with van der Waals surface area (Å²) in [6.07, 6.45) is 9.58. The van der Waals surface area contributed by atoms with Crippen molar-refractivity contribution in [2.24, 2.45) is 11.3 Å². The largest absolute Gasteiger partial charge is 0.301 e. The van der Waals surface area contributed by atoms with Crippen molar-refractivity contribution in [1.82, 2.24) is 4.90 Å². The highest BCUT2D eigenvalue weighted by molar-refractivity contribution is 5.12. The number of hydrogen-bond acceptors (Lipinski definition) is 1. The highest BCUT2D eigenvalue weighted by Crippen LogP contribution is 2.45. The number of rotatable bonds is 2. The van der Waals surface area contributed by atoms with E-state index >= 15 is 0 Å². The van der Waals surface area contributed by atoms with Crippen molar-refractivity contribution in [3.05, 3.63) is 11.6 Å². The summed E-state index contributed by atoms with van der Waals surface area (Å²) >= 11 is 0. The third-order valence-corrected chi connectivity index (χ3v) is 5.07. The first-order chi connectivity index (χ1) is 8.02. The molecule has 1 heterocycles. The Balaban J connectivity index is 1.92. The molecule has 0 unspecified atom stereocenters. The topological polar surface area (TPSA) is 3.24 Å². The summed E-state index contributed by atoms with van der Waals surface area (Å²) in [6.45, 7) is 12.0. The van der Waals surface area contributed by atoms with Crippen LogP contribution in [0.25, 0.3) is 0 Å². The van der Waals surface area contributed by atoms with Crippen molar-refractivity contribution < 1.29 is 0 Å². The molecular weight excluding hydrogens is 206 g/mol. The van der Waals surface area contributed by atoms with Gasteiger partial charge in [-0.2, -0.15) is 0 Å². The first-order valence-corrected chi connectivity index (χ1v) is 7.45. The minimum Gasteiger partial charge on any atom is -0.301 e. The van der Waals surface area contributed by atoms with E-state index in [1.165, 1.54) is 45.2 Å². The van der Waals surface area contributed by atoms with E-state index in [0.717, 1.165) is 12.0 Å². The fourth-order valence-electron chi connectivity index (χ4n) is 3.45. The fraction of sp³-hybridized carbons (Fsp3) is 0.875. The molecule has 0 saturated carbocycles. The molecule has 1 fully saturated rings. The summed E-state index contributed by atoms with van der Waals surface area (Å²) in [7, 11) is 0. The van der Waals surface area contributed by atoms with Crippen LogP contribution >= 0.6 is 0 Å². The SMILES string of the molecule is CC(C)C1=CCC2(CC1)CCN(C(C)C)CC2. The van der Waals surface area contributed by atoms with Gasteiger partial charge in [0.2, 0.25) is 0 Å². The van der Waals surface area contributed by atoms with Crippen LogP contribution in [0.5, 0.6) is 0 Å². The van der Waals surface area contributed by atoms with E-state index in [1.54, 1.807) is 5.57 Å². The highest BCUT2D eigenvalue weighted by Gasteiger charge is 2.36. The van der Waals surface area contributed by atoms with Crippen molar-refractivity contribution in [2.45, 2.75) is 65.8 Å². The second kappa shape index (κ2) is 5.14. The zero-order valence-corrected chi connectivity index (χ0v) is 12.1. The summed E-state index contributed by atoms with van der Waals surface area (Å²) in [5, 5.41) is 0.